The summed E-state index contributed by atoms with van der Waals surface area (Å²) in [5.74, 6) is 0. The molecule has 0 aliphatic heterocycles. The van der Waals surface area contributed by atoms with Gasteiger partial charge < -0.3 is 0 Å². The molecule has 0 fully saturated rings. The van der Waals surface area contributed by atoms with Crippen molar-refractivity contribution in [1.29, 1.82) is 0 Å². The Balaban J connectivity index is 4.16. The third kappa shape index (κ3) is 15.8. The maximum Gasteiger partial charge on any atom is 0.411 e. The van der Waals surface area contributed by atoms with Crippen LogP contribution in [0.4, 0.5) is 52.7 Å². The van der Waals surface area contributed by atoms with Crippen molar-refractivity contribution >= 4 is 0 Å². The van der Waals surface area contributed by atoms with E-state index >= 15 is 0 Å². The largest absolute Gasteiger partial charge is 0.411 e. The molecule has 0 aromatic rings. The Morgan fingerprint density at radius 2 is 0.719 bits per heavy atom. The van der Waals surface area contributed by atoms with Crippen molar-refractivity contribution in [3.8, 4) is 0 Å². The fourth-order valence-corrected chi connectivity index (χ4v) is 2.56. The molecule has 0 aromatic heterocycles. The summed E-state index contributed by atoms with van der Waals surface area (Å²) in [4.78, 5) is 6.22. The van der Waals surface area contributed by atoms with Gasteiger partial charge in [-0.2, -0.15) is 53.7 Å². The molecular formula is C18H26F12O2. The summed E-state index contributed by atoms with van der Waals surface area (Å²) in [6.45, 7) is 0. The Morgan fingerprint density at radius 1 is 0.438 bits per heavy atom. The van der Waals surface area contributed by atoms with E-state index < -0.39 is 62.6 Å². The molecule has 194 valence electrons. The van der Waals surface area contributed by atoms with E-state index in [1.807, 2.05) is 0 Å². The van der Waals surface area contributed by atoms with Crippen molar-refractivity contribution in [3.63, 3.8) is 0 Å². The fraction of sp³-hybridized carbons (Fsp3) is 1.00. The highest BCUT2D eigenvalue weighted by molar-refractivity contribution is 4.69. The topological polar surface area (TPSA) is 18.5 Å². The van der Waals surface area contributed by atoms with Crippen molar-refractivity contribution < 1.29 is 62.5 Å². The molecule has 0 amide bonds. The van der Waals surface area contributed by atoms with Crippen LogP contribution in [-0.2, 0) is 9.78 Å². The molecule has 14 heteroatoms. The molecule has 0 spiro atoms. The Bertz CT molecular complexity index is 449. The zero-order valence-electron chi connectivity index (χ0n) is 17.0. The van der Waals surface area contributed by atoms with Gasteiger partial charge in [-0.05, 0) is 25.7 Å². The first-order chi connectivity index (χ1) is 14.5. The summed E-state index contributed by atoms with van der Waals surface area (Å²) in [6, 6.07) is 0. The lowest BCUT2D eigenvalue weighted by Crippen LogP contribution is -2.40. The molecule has 0 aromatic carbocycles. The van der Waals surface area contributed by atoms with Crippen LogP contribution >= 0.6 is 0 Å². The number of hydrogen-bond acceptors (Lipinski definition) is 2. The predicted molar refractivity (Wildman–Crippen MR) is 89.4 cm³/mol. The minimum atomic E-state index is -4.85. The molecule has 0 bridgehead atoms. The minimum Gasteiger partial charge on any atom is -0.238 e. The molecule has 32 heavy (non-hydrogen) atoms. The quantitative estimate of drug-likeness (QED) is 0.0858. The number of halogens is 12. The monoisotopic (exact) mass is 502 g/mol. The molecular weight excluding hydrogens is 476 g/mol. The summed E-state index contributed by atoms with van der Waals surface area (Å²) in [5, 5.41) is 0. The van der Waals surface area contributed by atoms with Gasteiger partial charge in [-0.1, -0.05) is 38.5 Å². The van der Waals surface area contributed by atoms with Gasteiger partial charge in [0.15, 0.2) is 12.3 Å². The highest BCUT2D eigenvalue weighted by atomic mass is 19.4. The lowest BCUT2D eigenvalue weighted by Gasteiger charge is -2.24. The molecule has 0 heterocycles. The van der Waals surface area contributed by atoms with E-state index in [-0.39, 0.29) is 51.4 Å². The first kappa shape index (κ1) is 31.1. The number of alkyl halides is 12. The smallest absolute Gasteiger partial charge is 0.238 e. The van der Waals surface area contributed by atoms with Crippen LogP contribution in [0, 0.1) is 0 Å². The van der Waals surface area contributed by atoms with Crippen LogP contribution in [0.1, 0.15) is 77.0 Å². The van der Waals surface area contributed by atoms with Gasteiger partial charge >= 0.3 is 24.6 Å². The van der Waals surface area contributed by atoms with E-state index in [1.54, 1.807) is 0 Å². The van der Waals surface area contributed by atoms with E-state index in [9.17, 15) is 52.7 Å². The van der Waals surface area contributed by atoms with E-state index in [0.29, 0.717) is 0 Å². The highest BCUT2D eigenvalue weighted by Gasteiger charge is 2.49. The second-order valence-electron chi connectivity index (χ2n) is 7.36. The Morgan fingerprint density at radius 3 is 1.00 bits per heavy atom. The molecule has 2 atom stereocenters. The van der Waals surface area contributed by atoms with Gasteiger partial charge in [-0.3, -0.25) is 0 Å². The summed E-state index contributed by atoms with van der Waals surface area (Å²) in [6.07, 6.45) is -29.8. The Labute approximate surface area is 177 Å². The maximum absolute atomic E-state index is 13.5. The SMILES string of the molecule is FC(CCCCCCC(F)(F)F)C(F)(F)OOC(F)(F)C(F)CCCCCCC(F)(F)F. The van der Waals surface area contributed by atoms with Crippen LogP contribution in [0.15, 0.2) is 0 Å². The van der Waals surface area contributed by atoms with Crippen LogP contribution < -0.4 is 0 Å². The fourth-order valence-electron chi connectivity index (χ4n) is 2.56. The van der Waals surface area contributed by atoms with Crippen LogP contribution in [0.25, 0.3) is 0 Å². The summed E-state index contributed by atoms with van der Waals surface area (Å²) in [5.41, 5.74) is 0. The molecule has 0 rings (SSSR count). The van der Waals surface area contributed by atoms with E-state index in [1.165, 1.54) is 0 Å². The summed E-state index contributed by atoms with van der Waals surface area (Å²) in [7, 11) is 0. The zero-order valence-corrected chi connectivity index (χ0v) is 17.0. The van der Waals surface area contributed by atoms with Crippen molar-refractivity contribution in [1.82, 2.24) is 0 Å². The second kappa shape index (κ2) is 13.7. The van der Waals surface area contributed by atoms with Crippen molar-refractivity contribution in [3.05, 3.63) is 0 Å². The molecule has 2 unspecified atom stereocenters. The second-order valence-corrected chi connectivity index (χ2v) is 7.36. The zero-order chi connectivity index (χ0) is 25.1. The van der Waals surface area contributed by atoms with Crippen LogP contribution in [0.3, 0.4) is 0 Å². The van der Waals surface area contributed by atoms with Gasteiger partial charge in [0.2, 0.25) is 0 Å². The Hall–Kier alpha value is -0.920. The summed E-state index contributed by atoms with van der Waals surface area (Å²) < 4.78 is 152. The van der Waals surface area contributed by atoms with Gasteiger partial charge in [0.05, 0.1) is 0 Å². The summed E-state index contributed by atoms with van der Waals surface area (Å²) >= 11 is 0. The van der Waals surface area contributed by atoms with E-state index in [2.05, 4.69) is 9.78 Å². The van der Waals surface area contributed by atoms with Gasteiger partial charge in [0, 0.05) is 12.8 Å². The average molecular weight is 502 g/mol. The van der Waals surface area contributed by atoms with Crippen LogP contribution in [0.2, 0.25) is 0 Å². The minimum absolute atomic E-state index is 0.00698. The van der Waals surface area contributed by atoms with Gasteiger partial charge in [0.1, 0.15) is 0 Å². The number of rotatable bonds is 17. The van der Waals surface area contributed by atoms with Crippen LogP contribution in [0.5, 0.6) is 0 Å². The number of unbranched alkanes of at least 4 members (excludes halogenated alkanes) is 6. The first-order valence-electron chi connectivity index (χ1n) is 10.0. The first-order valence-corrected chi connectivity index (χ1v) is 10.0. The van der Waals surface area contributed by atoms with Gasteiger partial charge in [-0.25, -0.2) is 8.78 Å². The predicted octanol–water partition coefficient (Wildman–Crippen LogP) is 8.60. The molecule has 0 N–H and O–H groups in total. The maximum atomic E-state index is 13.5. The number of hydrogen-bond donors (Lipinski definition) is 0. The molecule has 0 aliphatic carbocycles. The average Bonchev–Trinajstić information content (AvgIpc) is 2.63. The van der Waals surface area contributed by atoms with Gasteiger partial charge in [-0.15, -0.1) is 0 Å². The molecule has 2 nitrogen and oxygen atoms in total. The lowest BCUT2D eigenvalue weighted by atomic mass is 10.1. The molecule has 0 radical (unpaired) electrons. The Kier molecular flexibility index (Phi) is 13.3. The standard InChI is InChI=1S/C18H26F12O2/c19-13(9-5-1-3-7-11-15(21,22)23)17(27,28)31-32-18(29,30)14(20)10-6-2-4-8-12-16(24,25)26/h13-14H,1-12H2. The van der Waals surface area contributed by atoms with Gasteiger partial charge in [0.25, 0.3) is 0 Å². The van der Waals surface area contributed by atoms with Crippen LogP contribution in [-0.4, -0.2) is 36.9 Å². The highest BCUT2D eigenvalue weighted by Crippen LogP contribution is 2.34. The van der Waals surface area contributed by atoms with E-state index in [0.717, 1.165) is 0 Å². The van der Waals surface area contributed by atoms with Crippen molar-refractivity contribution in [2.24, 2.45) is 0 Å². The third-order valence-electron chi connectivity index (χ3n) is 4.33. The van der Waals surface area contributed by atoms with Crippen molar-refractivity contribution in [2.75, 3.05) is 0 Å². The van der Waals surface area contributed by atoms with E-state index in [4.69, 9.17) is 0 Å². The molecule has 0 saturated carbocycles. The lowest BCUT2D eigenvalue weighted by molar-refractivity contribution is -0.534. The normalized spacial score (nSPS) is 15.8. The third-order valence-corrected chi connectivity index (χ3v) is 4.33. The molecule has 0 aliphatic rings. The van der Waals surface area contributed by atoms with Crippen molar-refractivity contribution in [2.45, 2.75) is 114 Å². The molecule has 0 saturated heterocycles.